The number of aliphatic hydroxyl groups is 1. The molecule has 0 radical (unpaired) electrons. The molecule has 0 unspecified atom stereocenters. The average Bonchev–Trinajstić information content (AvgIpc) is 2.47. The number of rotatable bonds is 6. The Balaban J connectivity index is 2.14. The van der Waals surface area contributed by atoms with Gasteiger partial charge in [-0.2, -0.15) is 0 Å². The van der Waals surface area contributed by atoms with E-state index in [2.05, 4.69) is 15.9 Å². The van der Waals surface area contributed by atoms with Crippen LogP contribution in [0.5, 0.6) is 11.5 Å². The highest BCUT2D eigenvalue weighted by atomic mass is 79.9. The summed E-state index contributed by atoms with van der Waals surface area (Å²) in [7, 11) is 0. The molecule has 0 bridgehead atoms. The third-order valence-corrected chi connectivity index (χ3v) is 3.61. The molecule has 3 nitrogen and oxygen atoms in total. The van der Waals surface area contributed by atoms with E-state index in [-0.39, 0.29) is 6.61 Å². The Morgan fingerprint density at radius 2 is 1.85 bits per heavy atom. The summed E-state index contributed by atoms with van der Waals surface area (Å²) in [4.78, 5) is 0. The van der Waals surface area contributed by atoms with Gasteiger partial charge in [0.05, 0.1) is 13.2 Å². The molecule has 20 heavy (non-hydrogen) atoms. The molecule has 0 saturated heterocycles. The molecular weight excluding hydrogens is 320 g/mol. The van der Waals surface area contributed by atoms with Gasteiger partial charge < -0.3 is 14.6 Å². The summed E-state index contributed by atoms with van der Waals surface area (Å²) in [5, 5.41) is 9.16. The van der Waals surface area contributed by atoms with Crippen molar-refractivity contribution >= 4 is 15.9 Å². The summed E-state index contributed by atoms with van der Waals surface area (Å²) < 4.78 is 12.4. The second-order valence-corrected chi connectivity index (χ2v) is 5.11. The maximum absolute atomic E-state index is 9.16. The van der Waals surface area contributed by atoms with Crippen molar-refractivity contribution in [3.63, 3.8) is 0 Å². The summed E-state index contributed by atoms with van der Waals surface area (Å²) in [6.07, 6.45) is 0. The van der Waals surface area contributed by atoms with Gasteiger partial charge >= 0.3 is 0 Å². The number of hydrogen-bond acceptors (Lipinski definition) is 3. The predicted octanol–water partition coefficient (Wildman–Crippen LogP) is 3.92. The van der Waals surface area contributed by atoms with Crippen molar-refractivity contribution in [1.29, 1.82) is 0 Å². The van der Waals surface area contributed by atoms with Gasteiger partial charge in [-0.1, -0.05) is 40.2 Å². The zero-order valence-corrected chi connectivity index (χ0v) is 12.9. The van der Waals surface area contributed by atoms with Gasteiger partial charge in [-0.05, 0) is 30.7 Å². The van der Waals surface area contributed by atoms with E-state index in [1.54, 1.807) is 6.07 Å². The van der Waals surface area contributed by atoms with E-state index in [1.807, 2.05) is 43.3 Å². The molecule has 0 aliphatic rings. The first kappa shape index (κ1) is 14.9. The first-order valence-electron chi connectivity index (χ1n) is 6.47. The highest BCUT2D eigenvalue weighted by molar-refractivity contribution is 9.10. The summed E-state index contributed by atoms with van der Waals surface area (Å²) in [5.74, 6) is 1.34. The lowest BCUT2D eigenvalue weighted by atomic mass is 10.2. The van der Waals surface area contributed by atoms with E-state index in [0.717, 1.165) is 15.6 Å². The van der Waals surface area contributed by atoms with Crippen LogP contribution >= 0.6 is 15.9 Å². The van der Waals surface area contributed by atoms with Crippen molar-refractivity contribution in [3.05, 3.63) is 58.1 Å². The number of halogens is 1. The topological polar surface area (TPSA) is 38.7 Å². The minimum Gasteiger partial charge on any atom is -0.490 e. The summed E-state index contributed by atoms with van der Waals surface area (Å²) in [6, 6.07) is 13.4. The molecule has 4 heteroatoms. The van der Waals surface area contributed by atoms with Crippen LogP contribution in [0.3, 0.4) is 0 Å². The molecule has 106 valence electrons. The second kappa shape index (κ2) is 7.31. The Hall–Kier alpha value is -1.52. The maximum atomic E-state index is 9.16. The Morgan fingerprint density at radius 1 is 1.05 bits per heavy atom. The minimum atomic E-state index is -0.00934. The van der Waals surface area contributed by atoms with Crippen LogP contribution in [0.25, 0.3) is 0 Å². The molecule has 1 N–H and O–H groups in total. The van der Waals surface area contributed by atoms with Gasteiger partial charge in [-0.15, -0.1) is 0 Å². The quantitative estimate of drug-likeness (QED) is 0.868. The first-order chi connectivity index (χ1) is 9.74. The number of aliphatic hydroxyl groups excluding tert-OH is 1. The Kier molecular flexibility index (Phi) is 5.44. The highest BCUT2D eigenvalue weighted by Gasteiger charge is 2.07. The fraction of sp³-hybridized carbons (Fsp3) is 0.250. The minimum absolute atomic E-state index is 0.00934. The largest absolute Gasteiger partial charge is 0.490 e. The molecule has 0 aliphatic heterocycles. The second-order valence-electron chi connectivity index (χ2n) is 4.25. The Bertz CT molecular complexity index is 569. The molecule has 0 saturated carbocycles. The molecule has 0 spiro atoms. The van der Waals surface area contributed by atoms with Crippen LogP contribution in [-0.2, 0) is 13.2 Å². The van der Waals surface area contributed by atoms with Gasteiger partial charge in [0.1, 0.15) is 6.61 Å². The molecule has 0 fully saturated rings. The van der Waals surface area contributed by atoms with Gasteiger partial charge in [-0.25, -0.2) is 0 Å². The zero-order valence-electron chi connectivity index (χ0n) is 11.3. The molecule has 0 atom stereocenters. The summed E-state index contributed by atoms with van der Waals surface area (Å²) in [5.41, 5.74) is 1.88. The molecule has 2 rings (SSSR count). The van der Waals surface area contributed by atoms with Crippen LogP contribution < -0.4 is 9.47 Å². The zero-order chi connectivity index (χ0) is 14.4. The lowest BCUT2D eigenvalue weighted by Gasteiger charge is -2.13. The van der Waals surface area contributed by atoms with Gasteiger partial charge in [-0.3, -0.25) is 0 Å². The Morgan fingerprint density at radius 3 is 2.55 bits per heavy atom. The van der Waals surface area contributed by atoms with E-state index in [4.69, 9.17) is 14.6 Å². The fourth-order valence-corrected chi connectivity index (χ4v) is 2.21. The van der Waals surface area contributed by atoms with E-state index in [1.165, 1.54) is 0 Å². The first-order valence-corrected chi connectivity index (χ1v) is 7.26. The molecule has 0 amide bonds. The van der Waals surface area contributed by atoms with Crippen LogP contribution in [-0.4, -0.2) is 11.7 Å². The Labute approximate surface area is 127 Å². The van der Waals surface area contributed by atoms with Gasteiger partial charge in [0.15, 0.2) is 11.5 Å². The smallest absolute Gasteiger partial charge is 0.161 e. The third kappa shape index (κ3) is 3.74. The van der Waals surface area contributed by atoms with Gasteiger partial charge in [0, 0.05) is 10.0 Å². The van der Waals surface area contributed by atoms with Gasteiger partial charge in [0.25, 0.3) is 0 Å². The molecular formula is C16H17BrO3. The van der Waals surface area contributed by atoms with Crippen molar-refractivity contribution in [1.82, 2.24) is 0 Å². The van der Waals surface area contributed by atoms with Crippen molar-refractivity contribution in [2.75, 3.05) is 6.61 Å². The third-order valence-electron chi connectivity index (χ3n) is 2.83. The molecule has 2 aromatic carbocycles. The SMILES string of the molecule is CCOc1cc(CO)ccc1OCc1ccccc1Br. The molecule has 0 aromatic heterocycles. The highest BCUT2D eigenvalue weighted by Crippen LogP contribution is 2.30. The summed E-state index contributed by atoms with van der Waals surface area (Å²) >= 11 is 3.50. The van der Waals surface area contributed by atoms with Crippen molar-refractivity contribution in [2.45, 2.75) is 20.1 Å². The van der Waals surface area contributed by atoms with Crippen molar-refractivity contribution in [3.8, 4) is 11.5 Å². The van der Waals surface area contributed by atoms with Crippen molar-refractivity contribution in [2.24, 2.45) is 0 Å². The van der Waals surface area contributed by atoms with Crippen molar-refractivity contribution < 1.29 is 14.6 Å². The normalized spacial score (nSPS) is 10.3. The summed E-state index contributed by atoms with van der Waals surface area (Å²) in [6.45, 7) is 2.92. The number of ether oxygens (including phenoxy) is 2. The van der Waals surface area contributed by atoms with Crippen LogP contribution in [0, 0.1) is 0 Å². The van der Waals surface area contributed by atoms with Crippen LogP contribution in [0.15, 0.2) is 46.9 Å². The molecule has 0 aliphatic carbocycles. The van der Waals surface area contributed by atoms with Crippen LogP contribution in [0.2, 0.25) is 0 Å². The van der Waals surface area contributed by atoms with Crippen LogP contribution in [0.4, 0.5) is 0 Å². The molecule has 2 aromatic rings. The van der Waals surface area contributed by atoms with Gasteiger partial charge in [0.2, 0.25) is 0 Å². The van der Waals surface area contributed by atoms with E-state index in [9.17, 15) is 0 Å². The fourth-order valence-electron chi connectivity index (χ4n) is 1.81. The monoisotopic (exact) mass is 336 g/mol. The predicted molar refractivity (Wildman–Crippen MR) is 82.0 cm³/mol. The standard InChI is InChI=1S/C16H17BrO3/c1-2-19-16-9-12(10-18)7-8-15(16)20-11-13-5-3-4-6-14(13)17/h3-9,18H,2,10-11H2,1H3. The van der Waals surface area contributed by atoms with Crippen LogP contribution in [0.1, 0.15) is 18.1 Å². The lowest BCUT2D eigenvalue weighted by molar-refractivity contribution is 0.263. The van der Waals surface area contributed by atoms with E-state index in [0.29, 0.717) is 24.7 Å². The van der Waals surface area contributed by atoms with E-state index < -0.39 is 0 Å². The number of benzene rings is 2. The number of hydrogen-bond donors (Lipinski definition) is 1. The lowest BCUT2D eigenvalue weighted by Crippen LogP contribution is -2.01. The average molecular weight is 337 g/mol. The molecule has 0 heterocycles. The maximum Gasteiger partial charge on any atom is 0.161 e. The van der Waals surface area contributed by atoms with E-state index >= 15 is 0 Å².